The summed E-state index contributed by atoms with van der Waals surface area (Å²) in [7, 11) is 0. The van der Waals surface area contributed by atoms with Crippen LogP contribution in [0.15, 0.2) is 35.7 Å². The predicted octanol–water partition coefficient (Wildman–Crippen LogP) is 4.12. The normalized spacial score (nSPS) is 21.0. The minimum Gasteiger partial charge on any atom is -0.370 e. The summed E-state index contributed by atoms with van der Waals surface area (Å²) in [4.78, 5) is 4.13. The Labute approximate surface area is 136 Å². The maximum atomic E-state index is 6.29. The van der Waals surface area contributed by atoms with Crippen molar-refractivity contribution in [2.24, 2.45) is 0 Å². The van der Waals surface area contributed by atoms with Crippen LogP contribution in [0.5, 0.6) is 0 Å². The van der Waals surface area contributed by atoms with Gasteiger partial charge >= 0.3 is 0 Å². The molecule has 3 heteroatoms. The van der Waals surface area contributed by atoms with E-state index in [1.165, 1.54) is 16.7 Å². The van der Waals surface area contributed by atoms with Crippen molar-refractivity contribution in [3.05, 3.63) is 57.3 Å². The van der Waals surface area contributed by atoms with Crippen molar-refractivity contribution in [1.82, 2.24) is 4.90 Å². The largest absolute Gasteiger partial charge is 0.370 e. The first kappa shape index (κ1) is 14.4. The van der Waals surface area contributed by atoms with E-state index in [9.17, 15) is 0 Å². The van der Waals surface area contributed by atoms with Gasteiger partial charge in [0.25, 0.3) is 0 Å². The second kappa shape index (κ2) is 5.80. The molecule has 1 spiro atoms. The molecule has 1 aromatic carbocycles. The van der Waals surface area contributed by atoms with E-state index in [-0.39, 0.29) is 5.60 Å². The quantitative estimate of drug-likeness (QED) is 0.827. The van der Waals surface area contributed by atoms with Crippen LogP contribution < -0.4 is 0 Å². The molecule has 0 amide bonds. The van der Waals surface area contributed by atoms with Crippen molar-refractivity contribution < 1.29 is 4.74 Å². The number of hydrogen-bond acceptors (Lipinski definition) is 3. The van der Waals surface area contributed by atoms with E-state index in [4.69, 9.17) is 4.74 Å². The van der Waals surface area contributed by atoms with E-state index in [2.05, 4.69) is 47.5 Å². The van der Waals surface area contributed by atoms with Crippen LogP contribution in [0, 0.1) is 6.92 Å². The molecule has 116 valence electrons. The molecule has 1 fully saturated rings. The maximum Gasteiger partial charge on any atom is 0.0966 e. The highest BCUT2D eigenvalue weighted by Crippen LogP contribution is 2.43. The SMILES string of the molecule is Cc1cccc(CN2CCC3(CC2)OCCc2sccc23)c1. The van der Waals surface area contributed by atoms with Crippen LogP contribution in [0.25, 0.3) is 0 Å². The van der Waals surface area contributed by atoms with Crippen LogP contribution in [0.3, 0.4) is 0 Å². The number of piperidine rings is 1. The van der Waals surface area contributed by atoms with Gasteiger partial charge in [0, 0.05) is 30.9 Å². The minimum absolute atomic E-state index is 0.0106. The number of fused-ring (bicyclic) bond motifs is 2. The zero-order valence-corrected chi connectivity index (χ0v) is 14.0. The van der Waals surface area contributed by atoms with Gasteiger partial charge in [-0.05, 0) is 42.3 Å². The summed E-state index contributed by atoms with van der Waals surface area (Å²) in [5.74, 6) is 0. The smallest absolute Gasteiger partial charge is 0.0966 e. The number of hydrogen-bond donors (Lipinski definition) is 0. The lowest BCUT2D eigenvalue weighted by Gasteiger charge is -2.44. The molecular weight excluding hydrogens is 290 g/mol. The average molecular weight is 313 g/mol. The Kier molecular flexibility index (Phi) is 3.81. The summed E-state index contributed by atoms with van der Waals surface area (Å²) in [5, 5.41) is 2.24. The van der Waals surface area contributed by atoms with Gasteiger partial charge in [0.1, 0.15) is 0 Å². The molecule has 2 aromatic rings. The first-order valence-electron chi connectivity index (χ1n) is 8.24. The predicted molar refractivity (Wildman–Crippen MR) is 91.3 cm³/mol. The molecule has 1 saturated heterocycles. The Hall–Kier alpha value is -1.16. The molecule has 22 heavy (non-hydrogen) atoms. The topological polar surface area (TPSA) is 12.5 Å². The Balaban J connectivity index is 1.45. The van der Waals surface area contributed by atoms with Gasteiger partial charge < -0.3 is 4.74 Å². The van der Waals surface area contributed by atoms with Gasteiger partial charge in [-0.15, -0.1) is 11.3 Å². The van der Waals surface area contributed by atoms with E-state index in [1.807, 2.05) is 11.3 Å². The van der Waals surface area contributed by atoms with Crippen LogP contribution in [0.4, 0.5) is 0 Å². The summed E-state index contributed by atoms with van der Waals surface area (Å²) >= 11 is 1.90. The van der Waals surface area contributed by atoms with Crippen LogP contribution in [0.1, 0.15) is 34.4 Å². The molecule has 3 heterocycles. The van der Waals surface area contributed by atoms with Gasteiger partial charge in [-0.3, -0.25) is 4.90 Å². The lowest BCUT2D eigenvalue weighted by molar-refractivity contribution is -0.0980. The van der Waals surface area contributed by atoms with E-state index in [1.54, 1.807) is 4.88 Å². The lowest BCUT2D eigenvalue weighted by Crippen LogP contribution is -2.45. The van der Waals surface area contributed by atoms with E-state index < -0.39 is 0 Å². The molecule has 2 aliphatic heterocycles. The number of likely N-dealkylation sites (tertiary alicyclic amines) is 1. The summed E-state index contributed by atoms with van der Waals surface area (Å²) in [6, 6.07) is 11.2. The molecule has 0 saturated carbocycles. The van der Waals surface area contributed by atoms with Crippen molar-refractivity contribution in [1.29, 1.82) is 0 Å². The number of thiophene rings is 1. The van der Waals surface area contributed by atoms with Gasteiger partial charge in [-0.25, -0.2) is 0 Å². The number of benzene rings is 1. The van der Waals surface area contributed by atoms with Crippen molar-refractivity contribution in [2.75, 3.05) is 19.7 Å². The fraction of sp³-hybridized carbons (Fsp3) is 0.474. The summed E-state index contributed by atoms with van der Waals surface area (Å²) in [6.45, 7) is 6.38. The minimum atomic E-state index is 0.0106. The molecule has 0 bridgehead atoms. The molecule has 4 rings (SSSR count). The highest BCUT2D eigenvalue weighted by atomic mass is 32.1. The number of rotatable bonds is 2. The van der Waals surface area contributed by atoms with Crippen LogP contribution >= 0.6 is 11.3 Å². The van der Waals surface area contributed by atoms with Crippen molar-refractivity contribution in [3.8, 4) is 0 Å². The van der Waals surface area contributed by atoms with Crippen molar-refractivity contribution in [3.63, 3.8) is 0 Å². The summed E-state index contributed by atoms with van der Waals surface area (Å²) in [6.07, 6.45) is 3.35. The Bertz CT molecular complexity index is 655. The van der Waals surface area contributed by atoms with Crippen molar-refractivity contribution in [2.45, 2.75) is 38.3 Å². The molecule has 0 atom stereocenters. The number of nitrogens with zero attached hydrogens (tertiary/aromatic N) is 1. The summed E-state index contributed by atoms with van der Waals surface area (Å²) < 4.78 is 6.29. The molecule has 2 aliphatic rings. The molecule has 0 aliphatic carbocycles. The Morgan fingerprint density at radius 2 is 2.09 bits per heavy atom. The third-order valence-electron chi connectivity index (χ3n) is 5.10. The van der Waals surface area contributed by atoms with E-state index in [0.29, 0.717) is 0 Å². The second-order valence-corrected chi connectivity index (χ2v) is 7.62. The lowest BCUT2D eigenvalue weighted by atomic mass is 9.82. The molecule has 0 N–H and O–H groups in total. The van der Waals surface area contributed by atoms with Crippen LogP contribution in [-0.2, 0) is 23.3 Å². The highest BCUT2D eigenvalue weighted by Gasteiger charge is 2.41. The second-order valence-electron chi connectivity index (χ2n) is 6.62. The fourth-order valence-electron chi connectivity index (χ4n) is 3.91. The third-order valence-corrected chi connectivity index (χ3v) is 6.08. The first-order chi connectivity index (χ1) is 10.8. The zero-order valence-electron chi connectivity index (χ0n) is 13.2. The van der Waals surface area contributed by atoms with Gasteiger partial charge in [-0.1, -0.05) is 29.8 Å². The van der Waals surface area contributed by atoms with Crippen LogP contribution in [-0.4, -0.2) is 24.6 Å². The zero-order chi connectivity index (χ0) is 15.0. The maximum absolute atomic E-state index is 6.29. The third kappa shape index (κ3) is 2.62. The fourth-order valence-corrected chi connectivity index (χ4v) is 4.86. The average Bonchev–Trinajstić information content (AvgIpc) is 3.00. The standard InChI is InChI=1S/C19H23NOS/c1-15-3-2-4-16(13-15)14-20-9-7-19(8-10-20)17-6-12-22-18(17)5-11-21-19/h2-4,6,12-13H,5,7-11,14H2,1H3. The van der Waals surface area contributed by atoms with Gasteiger partial charge in [0.2, 0.25) is 0 Å². The van der Waals surface area contributed by atoms with E-state index >= 15 is 0 Å². The Morgan fingerprint density at radius 1 is 1.23 bits per heavy atom. The monoisotopic (exact) mass is 313 g/mol. The number of aryl methyl sites for hydroxylation is 1. The molecule has 1 aromatic heterocycles. The van der Waals surface area contributed by atoms with Crippen LogP contribution in [0.2, 0.25) is 0 Å². The van der Waals surface area contributed by atoms with E-state index in [0.717, 1.165) is 45.5 Å². The first-order valence-corrected chi connectivity index (χ1v) is 9.12. The molecule has 0 unspecified atom stereocenters. The van der Waals surface area contributed by atoms with Gasteiger partial charge in [-0.2, -0.15) is 0 Å². The highest BCUT2D eigenvalue weighted by molar-refractivity contribution is 7.10. The Morgan fingerprint density at radius 3 is 2.91 bits per heavy atom. The van der Waals surface area contributed by atoms with Gasteiger partial charge in [0.05, 0.1) is 12.2 Å². The summed E-state index contributed by atoms with van der Waals surface area (Å²) in [5.41, 5.74) is 4.27. The molecule has 0 radical (unpaired) electrons. The van der Waals surface area contributed by atoms with Gasteiger partial charge in [0.15, 0.2) is 0 Å². The molecule has 2 nitrogen and oxygen atoms in total. The molecular formula is C19H23NOS. The number of ether oxygens (including phenoxy) is 1. The van der Waals surface area contributed by atoms with Crippen molar-refractivity contribution >= 4 is 11.3 Å².